The fourth-order valence-electron chi connectivity index (χ4n) is 5.49. The molecule has 48 heavy (non-hydrogen) atoms. The Morgan fingerprint density at radius 2 is 0.708 bits per heavy atom. The van der Waals surface area contributed by atoms with Crippen molar-refractivity contribution >= 4 is 0 Å². The third-order valence-electron chi connectivity index (χ3n) is 7.88. The highest BCUT2D eigenvalue weighted by Crippen LogP contribution is 2.34. The maximum Gasteiger partial charge on any atom is 0.160 e. The first kappa shape index (κ1) is 28.7. The molecule has 1 aromatic carbocycles. The summed E-state index contributed by atoms with van der Waals surface area (Å²) in [6.07, 6.45) is 14.3. The second-order valence-corrected chi connectivity index (χ2v) is 11.0. The van der Waals surface area contributed by atoms with Crippen LogP contribution in [-0.2, 0) is 0 Å². The zero-order valence-corrected chi connectivity index (χ0v) is 25.6. The van der Waals surface area contributed by atoms with Gasteiger partial charge >= 0.3 is 0 Å². The molecule has 8 aromatic rings. The predicted octanol–water partition coefficient (Wildman–Crippen LogP) is 8.52. The van der Waals surface area contributed by atoms with Crippen molar-refractivity contribution < 1.29 is 0 Å². The summed E-state index contributed by atoms with van der Waals surface area (Å²) in [5.41, 5.74) is 11.0. The van der Waals surface area contributed by atoms with E-state index >= 15 is 0 Å². The molecule has 0 aliphatic heterocycles. The van der Waals surface area contributed by atoms with Gasteiger partial charge in [0, 0.05) is 77.4 Å². The van der Waals surface area contributed by atoms with Crippen molar-refractivity contribution in [1.82, 2.24) is 39.9 Å². The Morgan fingerprint density at radius 1 is 0.271 bits per heavy atom. The van der Waals surface area contributed by atoms with Crippen LogP contribution in [0.1, 0.15) is 0 Å². The summed E-state index contributed by atoms with van der Waals surface area (Å²) in [7, 11) is 0. The Kier molecular flexibility index (Phi) is 7.70. The lowest BCUT2D eigenvalue weighted by atomic mass is 10.0. The van der Waals surface area contributed by atoms with Crippen LogP contribution in [0.3, 0.4) is 0 Å². The lowest BCUT2D eigenvalue weighted by Crippen LogP contribution is -2.00. The van der Waals surface area contributed by atoms with E-state index in [2.05, 4.69) is 32.1 Å². The minimum absolute atomic E-state index is 0.571. The summed E-state index contributed by atoms with van der Waals surface area (Å²) in [6, 6.07) is 35.9. The first-order chi connectivity index (χ1) is 23.8. The van der Waals surface area contributed by atoms with Crippen LogP contribution in [0.5, 0.6) is 0 Å². The van der Waals surface area contributed by atoms with Gasteiger partial charge in [-0.15, -0.1) is 0 Å². The van der Waals surface area contributed by atoms with Gasteiger partial charge in [0.05, 0.1) is 34.2 Å². The van der Waals surface area contributed by atoms with Gasteiger partial charge in [-0.1, -0.05) is 42.5 Å². The summed E-state index contributed by atoms with van der Waals surface area (Å²) in [6.45, 7) is 0. The molecule has 7 aromatic heterocycles. The molecule has 0 aliphatic carbocycles. The molecule has 226 valence electrons. The van der Waals surface area contributed by atoms with E-state index in [1.54, 1.807) is 37.2 Å². The van der Waals surface area contributed by atoms with Crippen LogP contribution in [0.15, 0.2) is 159 Å². The molecule has 0 saturated carbocycles. The largest absolute Gasteiger partial charge is 0.265 e. The van der Waals surface area contributed by atoms with Crippen LogP contribution in [-0.4, -0.2) is 39.9 Å². The molecule has 0 aliphatic rings. The second kappa shape index (κ2) is 12.9. The highest BCUT2D eigenvalue weighted by atomic mass is 14.9. The Bertz CT molecular complexity index is 2060. The van der Waals surface area contributed by atoms with E-state index in [0.717, 1.165) is 50.3 Å². The van der Waals surface area contributed by atoms with Crippen LogP contribution in [0.4, 0.5) is 0 Å². The Labute approximate surface area is 277 Å². The van der Waals surface area contributed by atoms with Crippen molar-refractivity contribution in [2.45, 2.75) is 0 Å². The molecule has 8 nitrogen and oxygen atoms in total. The van der Waals surface area contributed by atoms with E-state index in [-0.39, 0.29) is 0 Å². The summed E-state index contributed by atoms with van der Waals surface area (Å²) in [5.74, 6) is 0.571. The van der Waals surface area contributed by atoms with Crippen LogP contribution in [0.25, 0.3) is 78.9 Å². The van der Waals surface area contributed by atoms with Gasteiger partial charge < -0.3 is 0 Å². The maximum absolute atomic E-state index is 5.13. The van der Waals surface area contributed by atoms with Gasteiger partial charge in [0.1, 0.15) is 0 Å². The number of nitrogens with zero attached hydrogens (tertiary/aromatic N) is 8. The van der Waals surface area contributed by atoms with Crippen molar-refractivity contribution in [3.63, 3.8) is 0 Å². The van der Waals surface area contributed by atoms with E-state index in [0.29, 0.717) is 28.6 Å². The van der Waals surface area contributed by atoms with Gasteiger partial charge in [-0.25, -0.2) is 19.9 Å². The van der Waals surface area contributed by atoms with Gasteiger partial charge in [-0.2, -0.15) is 0 Å². The average Bonchev–Trinajstić information content (AvgIpc) is 3.19. The molecule has 7 heterocycles. The molecule has 0 saturated heterocycles. The highest BCUT2D eigenvalue weighted by molar-refractivity contribution is 5.79. The Morgan fingerprint density at radius 3 is 1.17 bits per heavy atom. The van der Waals surface area contributed by atoms with E-state index in [9.17, 15) is 0 Å². The fourth-order valence-corrected chi connectivity index (χ4v) is 5.49. The maximum atomic E-state index is 5.13. The SMILES string of the molecule is c1ccc(-c2nc(-c3cc(-c4cccnc4)cc(-c4ccncc4)n3)cc(-c3cc(-c4cccnc4)cc(-c4ccncc4)n3)n2)cc1. The average molecular weight is 619 g/mol. The monoisotopic (exact) mass is 618 g/mol. The highest BCUT2D eigenvalue weighted by Gasteiger charge is 2.17. The summed E-state index contributed by atoms with van der Waals surface area (Å²) in [4.78, 5) is 37.6. The molecule has 0 amide bonds. The number of rotatable bonds is 7. The molecule has 0 bridgehead atoms. The third kappa shape index (κ3) is 6.05. The first-order valence-corrected chi connectivity index (χ1v) is 15.4. The van der Waals surface area contributed by atoms with Crippen molar-refractivity contribution in [2.75, 3.05) is 0 Å². The normalized spacial score (nSPS) is 10.9. The fraction of sp³-hybridized carbons (Fsp3) is 0. The lowest BCUT2D eigenvalue weighted by molar-refractivity contribution is 1.15. The number of aromatic nitrogens is 8. The summed E-state index contributed by atoms with van der Waals surface area (Å²) < 4.78 is 0. The van der Waals surface area contributed by atoms with Gasteiger partial charge in [0.2, 0.25) is 0 Å². The zero-order valence-electron chi connectivity index (χ0n) is 25.6. The standard InChI is InChI=1S/C40H26N8/c1-2-6-29(7-3-1)40-47-38(36-22-32(30-8-4-14-43-25-30)20-34(45-36)27-10-16-41-17-11-27)24-39(48-40)37-23-33(31-9-5-15-44-26-31)21-35(46-37)28-12-18-42-19-13-28/h1-26H. The third-order valence-corrected chi connectivity index (χ3v) is 7.88. The molecular weight excluding hydrogens is 592 g/mol. The molecule has 0 N–H and O–H groups in total. The smallest absolute Gasteiger partial charge is 0.160 e. The predicted molar refractivity (Wildman–Crippen MR) is 187 cm³/mol. The number of hydrogen-bond acceptors (Lipinski definition) is 8. The lowest BCUT2D eigenvalue weighted by Gasteiger charge is -2.13. The molecule has 0 unspecified atom stereocenters. The minimum atomic E-state index is 0.571. The molecule has 0 atom stereocenters. The van der Waals surface area contributed by atoms with Gasteiger partial charge in [0.15, 0.2) is 5.82 Å². The molecule has 0 radical (unpaired) electrons. The van der Waals surface area contributed by atoms with Crippen LogP contribution >= 0.6 is 0 Å². The summed E-state index contributed by atoms with van der Waals surface area (Å²) in [5, 5.41) is 0. The zero-order chi connectivity index (χ0) is 32.1. The van der Waals surface area contributed by atoms with E-state index < -0.39 is 0 Å². The van der Waals surface area contributed by atoms with E-state index in [1.807, 2.05) is 109 Å². The number of hydrogen-bond donors (Lipinski definition) is 0. The molecule has 8 rings (SSSR count). The van der Waals surface area contributed by atoms with Crippen LogP contribution in [0.2, 0.25) is 0 Å². The van der Waals surface area contributed by atoms with Crippen molar-refractivity contribution in [2.24, 2.45) is 0 Å². The van der Waals surface area contributed by atoms with Crippen LogP contribution in [0, 0.1) is 0 Å². The van der Waals surface area contributed by atoms with Gasteiger partial charge in [-0.05, 0) is 77.9 Å². The number of pyridine rings is 6. The second-order valence-electron chi connectivity index (χ2n) is 11.0. The van der Waals surface area contributed by atoms with Crippen molar-refractivity contribution in [3.05, 3.63) is 159 Å². The van der Waals surface area contributed by atoms with Crippen molar-refractivity contribution in [1.29, 1.82) is 0 Å². The van der Waals surface area contributed by atoms with Gasteiger partial charge in [-0.3, -0.25) is 19.9 Å². The minimum Gasteiger partial charge on any atom is -0.265 e. The molecular formula is C40H26N8. The van der Waals surface area contributed by atoms with E-state index in [4.69, 9.17) is 19.9 Å². The molecule has 0 fully saturated rings. The number of benzene rings is 1. The summed E-state index contributed by atoms with van der Waals surface area (Å²) >= 11 is 0. The Balaban J connectivity index is 1.36. The van der Waals surface area contributed by atoms with Gasteiger partial charge in [0.25, 0.3) is 0 Å². The topological polar surface area (TPSA) is 103 Å². The molecule has 8 heteroatoms. The van der Waals surface area contributed by atoms with E-state index in [1.165, 1.54) is 0 Å². The van der Waals surface area contributed by atoms with Crippen LogP contribution < -0.4 is 0 Å². The molecule has 0 spiro atoms. The van der Waals surface area contributed by atoms with Crippen molar-refractivity contribution in [3.8, 4) is 78.9 Å². The quantitative estimate of drug-likeness (QED) is 0.175. The Hall–Kier alpha value is -6.80. The first-order valence-electron chi connectivity index (χ1n) is 15.4.